The number of nitrogens with zero attached hydrogens (tertiary/aromatic N) is 1. The highest BCUT2D eigenvalue weighted by Crippen LogP contribution is 2.34. The molecule has 0 spiro atoms. The predicted octanol–water partition coefficient (Wildman–Crippen LogP) is 3.91. The number of amides is 2. The number of fused-ring (bicyclic) bond motifs is 1. The van der Waals surface area contributed by atoms with Gasteiger partial charge in [0.05, 0.1) is 10.6 Å². The van der Waals surface area contributed by atoms with Crippen LogP contribution in [-0.4, -0.2) is 42.5 Å². The van der Waals surface area contributed by atoms with Crippen LogP contribution in [0, 0.1) is 5.92 Å². The van der Waals surface area contributed by atoms with E-state index in [9.17, 15) is 9.59 Å². The van der Waals surface area contributed by atoms with E-state index in [2.05, 4.69) is 5.32 Å². The maximum Gasteiger partial charge on any atom is 0.253 e. The smallest absolute Gasteiger partial charge is 0.253 e. The molecule has 2 amide bonds. The Kier molecular flexibility index (Phi) is 7.21. The number of para-hydroxylation sites is 1. The Morgan fingerprint density at radius 3 is 2.53 bits per heavy atom. The number of halogens is 1. The lowest BCUT2D eigenvalue weighted by atomic mass is 10.0. The van der Waals surface area contributed by atoms with Crippen LogP contribution >= 0.6 is 11.6 Å². The molecule has 2 aromatic rings. The molecule has 1 aliphatic heterocycles. The third kappa shape index (κ3) is 4.87. The minimum atomic E-state index is -0.676. The minimum Gasteiger partial charge on any atom is -0.486 e. The van der Waals surface area contributed by atoms with Crippen LogP contribution in [0.3, 0.4) is 0 Å². The topological polar surface area (TPSA) is 67.9 Å². The number of rotatable bonds is 7. The average molecular weight is 431 g/mol. The van der Waals surface area contributed by atoms with Gasteiger partial charge in [0.1, 0.15) is 19.3 Å². The monoisotopic (exact) mass is 430 g/mol. The van der Waals surface area contributed by atoms with Gasteiger partial charge in [-0.3, -0.25) is 9.59 Å². The zero-order valence-corrected chi connectivity index (χ0v) is 18.2. The minimum absolute atomic E-state index is 0.0951. The zero-order chi connectivity index (χ0) is 21.7. The maximum absolute atomic E-state index is 13.3. The van der Waals surface area contributed by atoms with Gasteiger partial charge < -0.3 is 19.7 Å². The predicted molar refractivity (Wildman–Crippen MR) is 116 cm³/mol. The Balaban J connectivity index is 1.78. The van der Waals surface area contributed by atoms with Gasteiger partial charge in [0.15, 0.2) is 11.5 Å². The lowest BCUT2D eigenvalue weighted by molar-refractivity contribution is -0.134. The Labute approximate surface area is 182 Å². The summed E-state index contributed by atoms with van der Waals surface area (Å²) in [5, 5.41) is 3.22. The fourth-order valence-electron chi connectivity index (χ4n) is 3.38. The highest BCUT2D eigenvalue weighted by molar-refractivity contribution is 6.33. The van der Waals surface area contributed by atoms with Gasteiger partial charge in [0.25, 0.3) is 5.91 Å². The first-order valence-electron chi connectivity index (χ1n) is 10.1. The van der Waals surface area contributed by atoms with Crippen molar-refractivity contribution in [2.24, 2.45) is 5.92 Å². The Morgan fingerprint density at radius 1 is 1.10 bits per heavy atom. The van der Waals surface area contributed by atoms with Crippen molar-refractivity contribution < 1.29 is 19.1 Å². The zero-order valence-electron chi connectivity index (χ0n) is 17.5. The first kappa shape index (κ1) is 22.0. The van der Waals surface area contributed by atoms with E-state index in [-0.39, 0.29) is 17.7 Å². The van der Waals surface area contributed by atoms with Crippen LogP contribution in [0.5, 0.6) is 11.5 Å². The SMILES string of the molecule is CCN(Cc1cccc2c1OCCO2)C(=O)C(NC(=O)c1ccccc1Cl)C(C)C. The summed E-state index contributed by atoms with van der Waals surface area (Å²) in [6.45, 7) is 7.58. The Hall–Kier alpha value is -2.73. The molecule has 0 aromatic heterocycles. The summed E-state index contributed by atoms with van der Waals surface area (Å²) >= 11 is 6.14. The van der Waals surface area contributed by atoms with Crippen molar-refractivity contribution in [3.8, 4) is 11.5 Å². The van der Waals surface area contributed by atoms with E-state index >= 15 is 0 Å². The van der Waals surface area contributed by atoms with Crippen LogP contribution in [0.1, 0.15) is 36.7 Å². The lowest BCUT2D eigenvalue weighted by Gasteiger charge is -2.30. The quantitative estimate of drug-likeness (QED) is 0.723. The first-order valence-corrected chi connectivity index (χ1v) is 10.5. The van der Waals surface area contributed by atoms with Crippen LogP contribution in [-0.2, 0) is 11.3 Å². The second kappa shape index (κ2) is 9.85. The van der Waals surface area contributed by atoms with E-state index in [1.165, 1.54) is 0 Å². The number of ether oxygens (including phenoxy) is 2. The van der Waals surface area contributed by atoms with Crippen molar-refractivity contribution in [1.82, 2.24) is 10.2 Å². The van der Waals surface area contributed by atoms with Crippen LogP contribution < -0.4 is 14.8 Å². The molecule has 0 radical (unpaired) electrons. The van der Waals surface area contributed by atoms with Crippen LogP contribution in [0.2, 0.25) is 5.02 Å². The molecule has 3 rings (SSSR count). The molecule has 6 nitrogen and oxygen atoms in total. The summed E-state index contributed by atoms with van der Waals surface area (Å²) in [5.41, 5.74) is 1.23. The summed E-state index contributed by atoms with van der Waals surface area (Å²) in [6.07, 6.45) is 0. The third-order valence-corrected chi connectivity index (χ3v) is 5.37. The number of hydrogen-bond donors (Lipinski definition) is 1. The van der Waals surface area contributed by atoms with Crippen molar-refractivity contribution in [2.75, 3.05) is 19.8 Å². The summed E-state index contributed by atoms with van der Waals surface area (Å²) in [7, 11) is 0. The average Bonchev–Trinajstić information content (AvgIpc) is 2.75. The molecule has 7 heteroatoms. The van der Waals surface area contributed by atoms with Gasteiger partial charge in [0, 0.05) is 18.7 Å². The number of likely N-dealkylation sites (N-methyl/N-ethyl adjacent to an activating group) is 1. The summed E-state index contributed by atoms with van der Waals surface area (Å²) < 4.78 is 11.4. The molecule has 0 saturated heterocycles. The summed E-state index contributed by atoms with van der Waals surface area (Å²) in [6, 6.07) is 11.8. The van der Waals surface area contributed by atoms with Crippen molar-refractivity contribution in [3.05, 3.63) is 58.6 Å². The molecule has 1 N–H and O–H groups in total. The number of carbonyl (C=O) groups is 2. The molecule has 0 bridgehead atoms. The molecule has 1 aliphatic rings. The molecule has 0 saturated carbocycles. The van der Waals surface area contributed by atoms with Gasteiger partial charge in [-0.25, -0.2) is 0 Å². The molecule has 160 valence electrons. The van der Waals surface area contributed by atoms with Gasteiger partial charge in [0.2, 0.25) is 5.91 Å². The number of nitrogens with one attached hydrogen (secondary N) is 1. The Morgan fingerprint density at radius 2 is 1.83 bits per heavy atom. The van der Waals surface area contributed by atoms with E-state index in [0.717, 1.165) is 5.56 Å². The molecular formula is C23H27ClN2O4. The Bertz CT molecular complexity index is 916. The standard InChI is InChI=1S/C23H27ClN2O4/c1-4-26(14-16-8-7-11-19-21(16)30-13-12-29-19)23(28)20(15(2)3)25-22(27)17-9-5-6-10-18(17)24/h5-11,15,20H,4,12-14H2,1-3H3,(H,25,27). The number of hydrogen-bond acceptors (Lipinski definition) is 4. The molecule has 1 atom stereocenters. The van der Waals surface area contributed by atoms with E-state index in [1.54, 1.807) is 29.2 Å². The highest BCUT2D eigenvalue weighted by atomic mass is 35.5. The van der Waals surface area contributed by atoms with Gasteiger partial charge in [-0.05, 0) is 31.0 Å². The van der Waals surface area contributed by atoms with E-state index in [4.69, 9.17) is 21.1 Å². The van der Waals surface area contributed by atoms with Gasteiger partial charge in [-0.2, -0.15) is 0 Å². The molecule has 0 fully saturated rings. The molecule has 1 heterocycles. The first-order chi connectivity index (χ1) is 14.4. The van der Waals surface area contributed by atoms with E-state index in [0.29, 0.717) is 48.4 Å². The van der Waals surface area contributed by atoms with Gasteiger partial charge in [-0.1, -0.05) is 49.7 Å². The summed E-state index contributed by atoms with van der Waals surface area (Å²) in [4.78, 5) is 27.8. The molecule has 1 unspecified atom stereocenters. The number of benzene rings is 2. The molecule has 0 aliphatic carbocycles. The summed E-state index contributed by atoms with van der Waals surface area (Å²) in [5.74, 6) is 0.757. The van der Waals surface area contributed by atoms with Crippen molar-refractivity contribution >= 4 is 23.4 Å². The van der Waals surface area contributed by atoms with Crippen molar-refractivity contribution in [3.63, 3.8) is 0 Å². The fourth-order valence-corrected chi connectivity index (χ4v) is 3.61. The molecule has 30 heavy (non-hydrogen) atoms. The number of carbonyl (C=O) groups excluding carboxylic acids is 2. The van der Waals surface area contributed by atoms with Crippen molar-refractivity contribution in [1.29, 1.82) is 0 Å². The van der Waals surface area contributed by atoms with E-state index < -0.39 is 6.04 Å². The lowest BCUT2D eigenvalue weighted by Crippen LogP contribution is -2.51. The van der Waals surface area contributed by atoms with E-state index in [1.807, 2.05) is 39.0 Å². The molecule has 2 aromatic carbocycles. The van der Waals surface area contributed by atoms with Crippen LogP contribution in [0.15, 0.2) is 42.5 Å². The largest absolute Gasteiger partial charge is 0.486 e. The highest BCUT2D eigenvalue weighted by Gasteiger charge is 2.30. The van der Waals surface area contributed by atoms with Crippen LogP contribution in [0.25, 0.3) is 0 Å². The van der Waals surface area contributed by atoms with Crippen molar-refractivity contribution in [2.45, 2.75) is 33.4 Å². The van der Waals surface area contributed by atoms with Crippen LogP contribution in [0.4, 0.5) is 0 Å². The second-order valence-corrected chi connectivity index (χ2v) is 7.88. The van der Waals surface area contributed by atoms with Gasteiger partial charge >= 0.3 is 0 Å². The van der Waals surface area contributed by atoms with Gasteiger partial charge in [-0.15, -0.1) is 0 Å². The molecular weight excluding hydrogens is 404 g/mol. The maximum atomic E-state index is 13.3. The normalized spacial score (nSPS) is 13.6. The second-order valence-electron chi connectivity index (χ2n) is 7.47. The third-order valence-electron chi connectivity index (χ3n) is 5.04. The fraction of sp³-hybridized carbons (Fsp3) is 0.391.